The van der Waals surface area contributed by atoms with Crippen LogP contribution in [-0.2, 0) is 4.79 Å². The third kappa shape index (κ3) is 2.44. The molecule has 2 aromatic heterocycles. The van der Waals surface area contributed by atoms with Crippen molar-refractivity contribution in [2.24, 2.45) is 5.41 Å². The number of aliphatic carboxylic acids is 1. The molecule has 6 nitrogen and oxygen atoms in total. The molecule has 1 atom stereocenters. The first-order valence-electron chi connectivity index (χ1n) is 6.50. The molecule has 3 heterocycles. The van der Waals surface area contributed by atoms with Crippen LogP contribution in [0.4, 0.5) is 0 Å². The van der Waals surface area contributed by atoms with E-state index in [4.69, 9.17) is 4.42 Å². The first kappa shape index (κ1) is 13.8. The number of hydrogen-bond donors (Lipinski definition) is 1. The van der Waals surface area contributed by atoms with Gasteiger partial charge in [0.15, 0.2) is 0 Å². The average Bonchev–Trinajstić information content (AvgIpc) is 3.18. The average molecular weight is 306 g/mol. The van der Waals surface area contributed by atoms with E-state index in [-0.39, 0.29) is 12.5 Å². The summed E-state index contributed by atoms with van der Waals surface area (Å²) in [6.45, 7) is 2.33. The monoisotopic (exact) mass is 306 g/mol. The Balaban J connectivity index is 1.76. The van der Waals surface area contributed by atoms with Gasteiger partial charge < -0.3 is 14.4 Å². The van der Waals surface area contributed by atoms with Crippen LogP contribution in [0.5, 0.6) is 0 Å². The molecule has 0 aliphatic carbocycles. The van der Waals surface area contributed by atoms with Crippen LogP contribution in [0.1, 0.15) is 23.8 Å². The van der Waals surface area contributed by atoms with Crippen molar-refractivity contribution in [3.05, 3.63) is 29.7 Å². The van der Waals surface area contributed by atoms with E-state index >= 15 is 0 Å². The van der Waals surface area contributed by atoms with Crippen LogP contribution in [0.25, 0.3) is 10.6 Å². The lowest BCUT2D eigenvalue weighted by atomic mass is 9.90. The SMILES string of the molecule is C[C@]1(C(=O)O)CCN(C(=O)c2csc(-c3ccoc3)n2)C1. The van der Waals surface area contributed by atoms with Crippen LogP contribution < -0.4 is 0 Å². The number of carbonyl (C=O) groups excluding carboxylic acids is 1. The lowest BCUT2D eigenvalue weighted by Gasteiger charge is -2.19. The van der Waals surface area contributed by atoms with Gasteiger partial charge in [-0.2, -0.15) is 0 Å². The van der Waals surface area contributed by atoms with Gasteiger partial charge in [-0.3, -0.25) is 9.59 Å². The molecule has 1 aliphatic rings. The fourth-order valence-electron chi connectivity index (χ4n) is 2.36. The zero-order chi connectivity index (χ0) is 15.0. The van der Waals surface area contributed by atoms with E-state index in [0.29, 0.717) is 23.7 Å². The highest BCUT2D eigenvalue weighted by atomic mass is 32.1. The molecular formula is C14H14N2O4S. The van der Waals surface area contributed by atoms with Crippen molar-refractivity contribution in [2.45, 2.75) is 13.3 Å². The van der Waals surface area contributed by atoms with E-state index in [9.17, 15) is 14.7 Å². The molecule has 1 amide bonds. The van der Waals surface area contributed by atoms with Crippen molar-refractivity contribution >= 4 is 23.2 Å². The lowest BCUT2D eigenvalue weighted by molar-refractivity contribution is -0.147. The Morgan fingerprint density at radius 2 is 2.33 bits per heavy atom. The summed E-state index contributed by atoms with van der Waals surface area (Å²) in [6, 6.07) is 1.78. The number of rotatable bonds is 3. The summed E-state index contributed by atoms with van der Waals surface area (Å²) in [6.07, 6.45) is 3.59. The van der Waals surface area contributed by atoms with Crippen molar-refractivity contribution in [2.75, 3.05) is 13.1 Å². The van der Waals surface area contributed by atoms with Gasteiger partial charge in [0.25, 0.3) is 5.91 Å². The molecule has 0 spiro atoms. The van der Waals surface area contributed by atoms with E-state index in [0.717, 1.165) is 5.56 Å². The molecule has 110 valence electrons. The molecule has 1 fully saturated rings. The number of thiazole rings is 1. The summed E-state index contributed by atoms with van der Waals surface area (Å²) in [5.41, 5.74) is 0.320. The van der Waals surface area contributed by atoms with Gasteiger partial charge in [-0.25, -0.2) is 4.98 Å². The van der Waals surface area contributed by atoms with Crippen LogP contribution in [0.15, 0.2) is 28.4 Å². The quantitative estimate of drug-likeness (QED) is 0.941. The summed E-state index contributed by atoms with van der Waals surface area (Å²) in [5.74, 6) is -1.08. The number of furan rings is 1. The van der Waals surface area contributed by atoms with Gasteiger partial charge >= 0.3 is 5.97 Å². The van der Waals surface area contributed by atoms with Crippen molar-refractivity contribution < 1.29 is 19.1 Å². The number of carboxylic acid groups (broad SMARTS) is 1. The molecule has 0 saturated carbocycles. The summed E-state index contributed by atoms with van der Waals surface area (Å²) >= 11 is 1.37. The maximum Gasteiger partial charge on any atom is 0.311 e. The third-order valence-corrected chi connectivity index (χ3v) is 4.66. The highest BCUT2D eigenvalue weighted by molar-refractivity contribution is 7.13. The van der Waals surface area contributed by atoms with Gasteiger partial charge in [0.05, 0.1) is 11.7 Å². The van der Waals surface area contributed by atoms with Gasteiger partial charge in [-0.15, -0.1) is 11.3 Å². The number of likely N-dealkylation sites (tertiary alicyclic amines) is 1. The van der Waals surface area contributed by atoms with Gasteiger partial charge in [0.1, 0.15) is 17.0 Å². The number of amides is 1. The topological polar surface area (TPSA) is 83.6 Å². The van der Waals surface area contributed by atoms with Crippen LogP contribution >= 0.6 is 11.3 Å². The number of carboxylic acids is 1. The maximum atomic E-state index is 12.4. The largest absolute Gasteiger partial charge is 0.481 e. The zero-order valence-electron chi connectivity index (χ0n) is 11.4. The Kier molecular flexibility index (Phi) is 3.29. The predicted molar refractivity (Wildman–Crippen MR) is 76.1 cm³/mol. The van der Waals surface area contributed by atoms with E-state index in [2.05, 4.69) is 4.98 Å². The number of aromatic nitrogens is 1. The van der Waals surface area contributed by atoms with Crippen molar-refractivity contribution in [1.82, 2.24) is 9.88 Å². The van der Waals surface area contributed by atoms with Gasteiger partial charge in [0, 0.05) is 24.0 Å². The van der Waals surface area contributed by atoms with Crippen LogP contribution in [0.2, 0.25) is 0 Å². The minimum Gasteiger partial charge on any atom is -0.481 e. The molecular weight excluding hydrogens is 292 g/mol. The highest BCUT2D eigenvalue weighted by Gasteiger charge is 2.42. The van der Waals surface area contributed by atoms with Crippen LogP contribution in [0.3, 0.4) is 0 Å². The second-order valence-electron chi connectivity index (χ2n) is 5.39. The highest BCUT2D eigenvalue weighted by Crippen LogP contribution is 2.32. The number of nitrogens with zero attached hydrogens (tertiary/aromatic N) is 2. The summed E-state index contributed by atoms with van der Waals surface area (Å²) in [5, 5.41) is 11.6. The molecule has 2 aromatic rings. The lowest BCUT2D eigenvalue weighted by Crippen LogP contribution is -2.35. The van der Waals surface area contributed by atoms with E-state index in [1.807, 2.05) is 0 Å². The van der Waals surface area contributed by atoms with E-state index < -0.39 is 11.4 Å². The molecule has 1 aliphatic heterocycles. The second kappa shape index (κ2) is 5.00. The van der Waals surface area contributed by atoms with Crippen molar-refractivity contribution in [3.8, 4) is 10.6 Å². The minimum atomic E-state index is -0.866. The predicted octanol–water partition coefficient (Wildman–Crippen LogP) is 2.34. The summed E-state index contributed by atoms with van der Waals surface area (Å²) < 4.78 is 5.00. The summed E-state index contributed by atoms with van der Waals surface area (Å²) in [4.78, 5) is 29.5. The molecule has 7 heteroatoms. The Hall–Kier alpha value is -2.15. The number of hydrogen-bond acceptors (Lipinski definition) is 5. The Morgan fingerprint density at radius 3 is 2.95 bits per heavy atom. The van der Waals surface area contributed by atoms with Crippen molar-refractivity contribution in [1.29, 1.82) is 0 Å². The minimum absolute atomic E-state index is 0.217. The fourth-order valence-corrected chi connectivity index (χ4v) is 3.14. The molecule has 21 heavy (non-hydrogen) atoms. The second-order valence-corrected chi connectivity index (χ2v) is 6.25. The molecule has 1 N–H and O–H groups in total. The molecule has 0 radical (unpaired) electrons. The fraction of sp³-hybridized carbons (Fsp3) is 0.357. The zero-order valence-corrected chi connectivity index (χ0v) is 12.2. The number of carbonyl (C=O) groups is 2. The Labute approximate surface area is 125 Å². The molecule has 0 unspecified atom stereocenters. The molecule has 0 bridgehead atoms. The molecule has 1 saturated heterocycles. The maximum absolute atomic E-state index is 12.4. The summed E-state index contributed by atoms with van der Waals surface area (Å²) in [7, 11) is 0. The Morgan fingerprint density at radius 1 is 1.52 bits per heavy atom. The molecule has 0 aromatic carbocycles. The molecule has 3 rings (SSSR count). The van der Waals surface area contributed by atoms with Crippen molar-refractivity contribution in [3.63, 3.8) is 0 Å². The van der Waals surface area contributed by atoms with E-state index in [1.165, 1.54) is 11.3 Å². The third-order valence-electron chi connectivity index (χ3n) is 3.77. The smallest absolute Gasteiger partial charge is 0.311 e. The van der Waals surface area contributed by atoms with Gasteiger partial charge in [0.2, 0.25) is 0 Å². The normalized spacial score (nSPS) is 21.7. The van der Waals surface area contributed by atoms with Crippen LogP contribution in [0, 0.1) is 5.41 Å². The first-order valence-corrected chi connectivity index (χ1v) is 7.38. The van der Waals surface area contributed by atoms with Gasteiger partial charge in [-0.05, 0) is 19.4 Å². The van der Waals surface area contributed by atoms with Gasteiger partial charge in [-0.1, -0.05) is 0 Å². The Bertz CT molecular complexity index is 679. The standard InChI is InChI=1S/C14H14N2O4S/c1-14(13(18)19)3-4-16(8-14)12(17)10-7-21-11(15-10)9-2-5-20-6-9/h2,5-7H,3-4,8H2,1H3,(H,18,19)/t14-/m0/s1. The van der Waals surface area contributed by atoms with Crippen LogP contribution in [-0.4, -0.2) is 40.0 Å². The first-order chi connectivity index (χ1) is 9.99. The van der Waals surface area contributed by atoms with E-state index in [1.54, 1.807) is 35.8 Å².